The monoisotopic (exact) mass is 660 g/mol. The van der Waals surface area contributed by atoms with E-state index in [2.05, 4.69) is 44.9 Å². The van der Waals surface area contributed by atoms with Crippen molar-refractivity contribution in [3.63, 3.8) is 0 Å². The molecule has 48 heavy (non-hydrogen) atoms. The van der Waals surface area contributed by atoms with E-state index in [1.54, 1.807) is 18.2 Å². The summed E-state index contributed by atoms with van der Waals surface area (Å²) in [7, 11) is 0. The molecule has 6 aliphatic heterocycles. The van der Waals surface area contributed by atoms with Crippen molar-refractivity contribution in [1.29, 1.82) is 15.8 Å². The van der Waals surface area contributed by atoms with Crippen molar-refractivity contribution >= 4 is 51.7 Å². The molecule has 0 unspecified atom stereocenters. The Labute approximate surface area is 259 Å². The van der Waals surface area contributed by atoms with Crippen molar-refractivity contribution < 1.29 is 26.3 Å². The SMILES string of the molecule is N#CC(=C1N=C2NC(F)=C(F)NC2=N1)c1nc(C(C#N)=C2N=C3NC(F)=C(F)NC3=N2)nc(C(C#N)=C2N=C3NC(F)=C(F)NC3=N2)n1. The second kappa shape index (κ2) is 10.7. The first kappa shape index (κ1) is 29.1. The van der Waals surface area contributed by atoms with Gasteiger partial charge in [0.2, 0.25) is 35.7 Å². The van der Waals surface area contributed by atoms with Crippen LogP contribution in [0.15, 0.2) is 83.1 Å². The van der Waals surface area contributed by atoms with Crippen LogP contribution in [0.5, 0.6) is 0 Å². The minimum atomic E-state index is -1.42. The molecule has 7 heterocycles. The number of nitrogens with one attached hydrogen (secondary N) is 6. The van der Waals surface area contributed by atoms with Crippen LogP contribution in [0.1, 0.15) is 17.5 Å². The fourth-order valence-electron chi connectivity index (χ4n) is 4.15. The Morgan fingerprint density at radius 1 is 0.375 bits per heavy atom. The first-order valence-electron chi connectivity index (χ1n) is 12.6. The summed E-state index contributed by atoms with van der Waals surface area (Å²) < 4.78 is 82.6. The predicted molar refractivity (Wildman–Crippen MR) is 149 cm³/mol. The second-order valence-corrected chi connectivity index (χ2v) is 9.13. The third kappa shape index (κ3) is 4.72. The van der Waals surface area contributed by atoms with Gasteiger partial charge in [0.25, 0.3) is 0 Å². The van der Waals surface area contributed by atoms with Gasteiger partial charge in [-0.1, -0.05) is 0 Å². The molecule has 0 saturated heterocycles. The number of nitrogens with zero attached hydrogens (tertiary/aromatic N) is 12. The maximum Gasteiger partial charge on any atom is 0.246 e. The minimum Gasteiger partial charge on any atom is -0.310 e. The largest absolute Gasteiger partial charge is 0.310 e. The number of aliphatic imine (C=N–C) groups is 6. The number of aromatic nitrogens is 3. The number of nitriles is 3. The first-order valence-corrected chi connectivity index (χ1v) is 12.6. The fraction of sp³-hybridized carbons (Fsp3) is 0. The number of halogens is 6. The molecular weight excluding hydrogens is 654 g/mol. The molecule has 0 radical (unpaired) electrons. The lowest BCUT2D eigenvalue weighted by molar-refractivity contribution is 0.484. The van der Waals surface area contributed by atoms with E-state index in [0.29, 0.717) is 0 Å². The fourth-order valence-corrected chi connectivity index (χ4v) is 4.15. The zero-order chi connectivity index (χ0) is 33.9. The van der Waals surface area contributed by atoms with Gasteiger partial charge in [-0.05, 0) is 0 Å². The highest BCUT2D eigenvalue weighted by Gasteiger charge is 2.33. The maximum absolute atomic E-state index is 13.8. The Morgan fingerprint density at radius 3 is 0.729 bits per heavy atom. The zero-order valence-electron chi connectivity index (χ0n) is 22.6. The molecule has 1 aromatic rings. The van der Waals surface area contributed by atoms with E-state index in [9.17, 15) is 42.1 Å². The van der Waals surface area contributed by atoms with Crippen LogP contribution in [0.4, 0.5) is 26.3 Å². The molecular formula is C24H6F6N18. The van der Waals surface area contributed by atoms with Gasteiger partial charge >= 0.3 is 0 Å². The molecule has 24 heteroatoms. The molecule has 0 spiro atoms. The number of hydrogen-bond donors (Lipinski definition) is 6. The number of amidine groups is 6. The van der Waals surface area contributed by atoms with Crippen molar-refractivity contribution in [2.45, 2.75) is 0 Å². The molecule has 0 atom stereocenters. The second-order valence-electron chi connectivity index (χ2n) is 9.13. The van der Waals surface area contributed by atoms with Gasteiger partial charge in [0.1, 0.15) is 34.9 Å². The van der Waals surface area contributed by atoms with E-state index >= 15 is 0 Å². The number of allylic oxidation sites excluding steroid dienone is 3. The van der Waals surface area contributed by atoms with Gasteiger partial charge < -0.3 is 31.9 Å². The molecule has 0 fully saturated rings. The standard InChI is InChI=1S/C24H6F6N18/c25-7-8(26)35-20-19(34-7)43-16(44-20)4(1-31)13-40-14(5(2-32)17-45-21-22(46-17)37-10(28)9(27)36-21)42-15(41-13)6(3-33)18-47-23-24(48-18)39-12(30)11(29)38-23/h(H,34,43)(H,35,44)(H,36,45)(H,37,46)(H,38,47)(H,39,48). The summed E-state index contributed by atoms with van der Waals surface area (Å²) in [6.07, 6.45) is 0. The Kier molecular flexibility index (Phi) is 6.50. The van der Waals surface area contributed by atoms with Gasteiger partial charge in [-0.3, -0.25) is 0 Å². The van der Waals surface area contributed by atoms with Gasteiger partial charge in [0.15, 0.2) is 69.9 Å². The van der Waals surface area contributed by atoms with E-state index in [4.69, 9.17) is 0 Å². The number of hydrogen-bond acceptors (Lipinski definition) is 18. The van der Waals surface area contributed by atoms with Crippen LogP contribution >= 0.6 is 0 Å². The molecule has 0 saturated carbocycles. The Balaban J connectivity index is 1.42. The van der Waals surface area contributed by atoms with E-state index in [1.807, 2.05) is 31.9 Å². The third-order valence-corrected chi connectivity index (χ3v) is 6.24. The van der Waals surface area contributed by atoms with Crippen LogP contribution in [0.25, 0.3) is 16.7 Å². The highest BCUT2D eigenvalue weighted by molar-refractivity contribution is 6.44. The number of rotatable bonds is 3. The average Bonchev–Trinajstić information content (AvgIpc) is 3.76. The molecule has 7 rings (SSSR count). The third-order valence-electron chi connectivity index (χ3n) is 6.24. The highest BCUT2D eigenvalue weighted by Crippen LogP contribution is 2.29. The molecule has 0 aromatic carbocycles. The van der Waals surface area contributed by atoms with Gasteiger partial charge in [-0.15, -0.1) is 0 Å². The Morgan fingerprint density at radius 2 is 0.562 bits per heavy atom. The summed E-state index contributed by atoms with van der Waals surface area (Å²) in [6, 6.07) is 5.19. The summed E-state index contributed by atoms with van der Waals surface area (Å²) in [4.78, 5) is 36.0. The lowest BCUT2D eigenvalue weighted by Gasteiger charge is -2.13. The lowest BCUT2D eigenvalue weighted by Crippen LogP contribution is -2.42. The summed E-state index contributed by atoms with van der Waals surface area (Å²) in [6.45, 7) is 0. The molecule has 0 amide bonds. The molecule has 6 aliphatic rings. The van der Waals surface area contributed by atoms with Crippen LogP contribution in [0.3, 0.4) is 0 Å². The molecule has 18 nitrogen and oxygen atoms in total. The topological polar surface area (TPSA) is 256 Å². The van der Waals surface area contributed by atoms with Gasteiger partial charge in [0.05, 0.1) is 0 Å². The van der Waals surface area contributed by atoms with Crippen LogP contribution in [-0.4, -0.2) is 50.0 Å². The van der Waals surface area contributed by atoms with Crippen LogP contribution in [0, 0.1) is 34.0 Å². The molecule has 1 aromatic heterocycles. The maximum atomic E-state index is 13.8. The summed E-state index contributed by atoms with van der Waals surface area (Å²) in [5.41, 5.74) is -1.73. The quantitative estimate of drug-likeness (QED) is 0.148. The van der Waals surface area contributed by atoms with E-state index < -0.39 is 87.4 Å². The average molecular weight is 660 g/mol. The predicted octanol–water partition coefficient (Wildman–Crippen LogP) is 0.655. The van der Waals surface area contributed by atoms with Gasteiger partial charge in [0, 0.05) is 0 Å². The van der Waals surface area contributed by atoms with Crippen molar-refractivity contribution in [3.8, 4) is 18.2 Å². The smallest absolute Gasteiger partial charge is 0.246 e. The van der Waals surface area contributed by atoms with Crippen molar-refractivity contribution in [2.75, 3.05) is 0 Å². The molecule has 0 bridgehead atoms. The highest BCUT2D eigenvalue weighted by atomic mass is 19.2. The minimum absolute atomic E-state index is 0.326. The molecule has 6 N–H and O–H groups in total. The Hall–Kier alpha value is -7.68. The van der Waals surface area contributed by atoms with Crippen LogP contribution < -0.4 is 31.9 Å². The number of fused-ring (bicyclic) bond motifs is 3. The van der Waals surface area contributed by atoms with Crippen LogP contribution in [-0.2, 0) is 0 Å². The zero-order valence-corrected chi connectivity index (χ0v) is 22.6. The van der Waals surface area contributed by atoms with Crippen LogP contribution in [0.2, 0.25) is 0 Å². The van der Waals surface area contributed by atoms with E-state index in [0.717, 1.165) is 0 Å². The normalized spacial score (nSPS) is 18.7. The molecule has 0 aliphatic carbocycles. The summed E-state index contributed by atoms with van der Waals surface area (Å²) in [5, 5.41) is 42.3. The summed E-state index contributed by atoms with van der Waals surface area (Å²) in [5.74, 6) is -13.8. The van der Waals surface area contributed by atoms with Crippen molar-refractivity contribution in [1.82, 2.24) is 46.9 Å². The van der Waals surface area contributed by atoms with Gasteiger partial charge in [-0.2, -0.15) is 42.1 Å². The van der Waals surface area contributed by atoms with Crippen molar-refractivity contribution in [2.24, 2.45) is 30.0 Å². The summed E-state index contributed by atoms with van der Waals surface area (Å²) >= 11 is 0. The van der Waals surface area contributed by atoms with E-state index in [1.165, 1.54) is 0 Å². The lowest BCUT2D eigenvalue weighted by atomic mass is 10.2. The molecule has 234 valence electrons. The Bertz CT molecular complexity index is 1960. The van der Waals surface area contributed by atoms with Gasteiger partial charge in [-0.25, -0.2) is 44.9 Å². The first-order chi connectivity index (χ1) is 23.1. The van der Waals surface area contributed by atoms with Crippen molar-refractivity contribution in [3.05, 3.63) is 70.6 Å². The van der Waals surface area contributed by atoms with E-state index in [-0.39, 0.29) is 35.0 Å².